The van der Waals surface area contributed by atoms with E-state index < -0.39 is 12.1 Å². The summed E-state index contributed by atoms with van der Waals surface area (Å²) in [6.07, 6.45) is -1.00. The highest BCUT2D eigenvalue weighted by Crippen LogP contribution is 2.43. The zero-order valence-corrected chi connectivity index (χ0v) is 16.2. The highest BCUT2D eigenvalue weighted by molar-refractivity contribution is 7.10. The van der Waals surface area contributed by atoms with Crippen molar-refractivity contribution in [2.45, 2.75) is 50.7 Å². The second kappa shape index (κ2) is 7.44. The number of halogens is 3. The molecule has 0 spiro atoms. The Kier molecular flexibility index (Phi) is 5.13. The van der Waals surface area contributed by atoms with Gasteiger partial charge in [0.25, 0.3) is 0 Å². The van der Waals surface area contributed by atoms with E-state index in [1.165, 1.54) is 18.9 Å². The molecule has 1 amide bonds. The van der Waals surface area contributed by atoms with Gasteiger partial charge in [-0.05, 0) is 49.4 Å². The molecular formula is C19H21F3N4OS. The van der Waals surface area contributed by atoms with Gasteiger partial charge in [0.2, 0.25) is 5.13 Å². The van der Waals surface area contributed by atoms with Crippen molar-refractivity contribution < 1.29 is 18.0 Å². The molecule has 150 valence electrons. The van der Waals surface area contributed by atoms with Crippen LogP contribution in [0.2, 0.25) is 0 Å². The molecule has 2 fully saturated rings. The molecule has 1 aromatic carbocycles. The Hall–Kier alpha value is -2.00. The van der Waals surface area contributed by atoms with E-state index in [0.717, 1.165) is 36.0 Å². The number of hydrogen-bond donors (Lipinski definition) is 1. The molecule has 4 rings (SSSR count). The standard InChI is InChI=1S/C19H21F3N4OS/c1-2-16-24-18(28-25-16)26(17(27)19(20,21)22)13-5-3-4-12(8-13)14-9-15(14)23-10-11-6-7-11/h3-5,8,11,14-15,23H,2,6-7,9-10H2,1H3. The second-order valence-electron chi connectivity index (χ2n) is 7.38. The van der Waals surface area contributed by atoms with Crippen molar-refractivity contribution in [3.8, 4) is 0 Å². The summed E-state index contributed by atoms with van der Waals surface area (Å²) in [6, 6.07) is 7.13. The number of aromatic nitrogens is 2. The van der Waals surface area contributed by atoms with Gasteiger partial charge in [0.1, 0.15) is 5.82 Å². The zero-order chi connectivity index (χ0) is 19.9. The van der Waals surface area contributed by atoms with E-state index >= 15 is 0 Å². The summed E-state index contributed by atoms with van der Waals surface area (Å²) < 4.78 is 43.7. The number of amides is 1. The number of carbonyl (C=O) groups is 1. The Morgan fingerprint density at radius 3 is 2.79 bits per heavy atom. The first-order chi connectivity index (χ1) is 13.4. The first-order valence-corrected chi connectivity index (χ1v) is 10.2. The quantitative estimate of drug-likeness (QED) is 0.744. The maximum atomic E-state index is 13.2. The molecule has 2 unspecified atom stereocenters. The van der Waals surface area contributed by atoms with E-state index in [0.29, 0.717) is 23.2 Å². The minimum atomic E-state index is -5.00. The van der Waals surface area contributed by atoms with Crippen molar-refractivity contribution in [1.29, 1.82) is 0 Å². The van der Waals surface area contributed by atoms with Gasteiger partial charge in [0, 0.05) is 29.9 Å². The summed E-state index contributed by atoms with van der Waals surface area (Å²) >= 11 is 0.802. The topological polar surface area (TPSA) is 58.1 Å². The molecule has 2 aliphatic carbocycles. The van der Waals surface area contributed by atoms with Gasteiger partial charge >= 0.3 is 12.1 Å². The summed E-state index contributed by atoms with van der Waals surface area (Å²) in [6.45, 7) is 2.81. The van der Waals surface area contributed by atoms with E-state index in [1.54, 1.807) is 12.1 Å². The van der Waals surface area contributed by atoms with Crippen molar-refractivity contribution in [1.82, 2.24) is 14.7 Å². The summed E-state index contributed by atoms with van der Waals surface area (Å²) in [4.78, 5) is 16.9. The van der Waals surface area contributed by atoms with E-state index in [2.05, 4.69) is 14.7 Å². The monoisotopic (exact) mass is 410 g/mol. The molecule has 2 atom stereocenters. The Morgan fingerprint density at radius 1 is 1.36 bits per heavy atom. The maximum absolute atomic E-state index is 13.2. The molecule has 2 saturated carbocycles. The van der Waals surface area contributed by atoms with Gasteiger partial charge < -0.3 is 5.32 Å². The molecule has 2 aliphatic rings. The minimum Gasteiger partial charge on any atom is -0.313 e. The summed E-state index contributed by atoms with van der Waals surface area (Å²) in [5.41, 5.74) is 1.11. The fraction of sp³-hybridized carbons (Fsp3) is 0.526. The number of rotatable bonds is 7. The van der Waals surface area contributed by atoms with Crippen molar-refractivity contribution >= 4 is 28.3 Å². The van der Waals surface area contributed by atoms with Gasteiger partial charge in [-0.25, -0.2) is 9.88 Å². The molecule has 0 aliphatic heterocycles. The third-order valence-corrected chi connectivity index (χ3v) is 5.86. The number of alkyl halides is 3. The lowest BCUT2D eigenvalue weighted by atomic mass is 10.1. The third kappa shape index (κ3) is 4.20. The number of carbonyl (C=O) groups excluding carboxylic acids is 1. The molecule has 1 aromatic heterocycles. The van der Waals surface area contributed by atoms with Crippen LogP contribution < -0.4 is 10.2 Å². The number of nitrogens with zero attached hydrogens (tertiary/aromatic N) is 3. The summed E-state index contributed by atoms with van der Waals surface area (Å²) in [5, 5.41) is 3.46. The van der Waals surface area contributed by atoms with E-state index in [1.807, 2.05) is 13.0 Å². The number of hydrogen-bond acceptors (Lipinski definition) is 5. The molecule has 28 heavy (non-hydrogen) atoms. The number of anilines is 2. The fourth-order valence-corrected chi connectivity index (χ4v) is 4.02. The smallest absolute Gasteiger partial charge is 0.313 e. The molecule has 1 N–H and O–H groups in total. The van der Waals surface area contributed by atoms with Crippen LogP contribution in [-0.4, -0.2) is 34.0 Å². The van der Waals surface area contributed by atoms with Gasteiger partial charge in [-0.1, -0.05) is 19.1 Å². The number of aryl methyl sites for hydroxylation is 1. The van der Waals surface area contributed by atoms with Crippen LogP contribution in [0.4, 0.5) is 24.0 Å². The van der Waals surface area contributed by atoms with Gasteiger partial charge in [0.15, 0.2) is 0 Å². The predicted molar refractivity (Wildman–Crippen MR) is 101 cm³/mol. The van der Waals surface area contributed by atoms with Crippen LogP contribution in [-0.2, 0) is 11.2 Å². The van der Waals surface area contributed by atoms with E-state index in [4.69, 9.17) is 0 Å². The normalized spacial score (nSPS) is 21.6. The van der Waals surface area contributed by atoms with Gasteiger partial charge in [0.05, 0.1) is 5.69 Å². The molecule has 5 nitrogen and oxygen atoms in total. The summed E-state index contributed by atoms with van der Waals surface area (Å²) in [7, 11) is 0. The fourth-order valence-electron chi connectivity index (χ4n) is 3.24. The van der Waals surface area contributed by atoms with Gasteiger partial charge in [-0.2, -0.15) is 17.5 Å². The first-order valence-electron chi connectivity index (χ1n) is 9.44. The lowest BCUT2D eigenvalue weighted by Crippen LogP contribution is -2.38. The van der Waals surface area contributed by atoms with Crippen molar-refractivity contribution in [2.24, 2.45) is 5.92 Å². The zero-order valence-electron chi connectivity index (χ0n) is 15.4. The van der Waals surface area contributed by atoms with Crippen LogP contribution in [0.1, 0.15) is 43.5 Å². The predicted octanol–water partition coefficient (Wildman–Crippen LogP) is 4.18. The molecule has 1 heterocycles. The average molecular weight is 410 g/mol. The van der Waals surface area contributed by atoms with Crippen LogP contribution in [0.25, 0.3) is 0 Å². The number of nitrogens with one attached hydrogen (secondary N) is 1. The van der Waals surface area contributed by atoms with Gasteiger partial charge in [-0.15, -0.1) is 0 Å². The van der Waals surface area contributed by atoms with Crippen LogP contribution in [0.5, 0.6) is 0 Å². The highest BCUT2D eigenvalue weighted by atomic mass is 32.1. The Labute approximate surface area is 165 Å². The third-order valence-electron chi connectivity index (χ3n) is 5.12. The lowest BCUT2D eigenvalue weighted by molar-refractivity contribution is -0.169. The minimum absolute atomic E-state index is 0.0597. The van der Waals surface area contributed by atoms with E-state index in [9.17, 15) is 18.0 Å². The van der Waals surface area contributed by atoms with Gasteiger partial charge in [-0.3, -0.25) is 4.79 Å². The highest BCUT2D eigenvalue weighted by Gasteiger charge is 2.45. The van der Waals surface area contributed by atoms with Crippen molar-refractivity contribution in [3.63, 3.8) is 0 Å². The molecule has 0 bridgehead atoms. The van der Waals surface area contributed by atoms with Crippen LogP contribution in [0.3, 0.4) is 0 Å². The Bertz CT molecular complexity index is 865. The van der Waals surface area contributed by atoms with Crippen LogP contribution >= 0.6 is 11.5 Å². The first kappa shape index (κ1) is 19.3. The lowest BCUT2D eigenvalue weighted by Gasteiger charge is -2.21. The molecule has 9 heteroatoms. The average Bonchev–Trinajstić information content (AvgIpc) is 3.58. The van der Waals surface area contributed by atoms with Crippen molar-refractivity contribution in [2.75, 3.05) is 11.4 Å². The second-order valence-corrected chi connectivity index (χ2v) is 8.11. The Balaban J connectivity index is 1.58. The largest absolute Gasteiger partial charge is 0.472 e. The Morgan fingerprint density at radius 2 is 2.14 bits per heavy atom. The summed E-state index contributed by atoms with van der Waals surface area (Å²) in [5.74, 6) is -0.495. The van der Waals surface area contributed by atoms with Crippen LogP contribution in [0.15, 0.2) is 24.3 Å². The van der Waals surface area contributed by atoms with Crippen molar-refractivity contribution in [3.05, 3.63) is 35.7 Å². The number of benzene rings is 1. The molecule has 0 radical (unpaired) electrons. The maximum Gasteiger partial charge on any atom is 0.472 e. The molecule has 2 aromatic rings. The SMILES string of the molecule is CCc1nsc(N(C(=O)C(F)(F)F)c2cccc(C3CC3NCC3CC3)c2)n1. The van der Waals surface area contributed by atoms with E-state index in [-0.39, 0.29) is 16.7 Å². The molecular weight excluding hydrogens is 389 g/mol. The molecule has 0 saturated heterocycles. The van der Waals surface area contributed by atoms with Crippen LogP contribution in [0, 0.1) is 5.92 Å².